The van der Waals surface area contributed by atoms with Crippen LogP contribution in [0.5, 0.6) is 0 Å². The van der Waals surface area contributed by atoms with Crippen molar-refractivity contribution in [1.29, 1.82) is 0 Å². The summed E-state index contributed by atoms with van der Waals surface area (Å²) >= 11 is 0. The molecule has 1 N–H and O–H groups in total. The van der Waals surface area contributed by atoms with E-state index in [4.69, 9.17) is 9.47 Å². The SMILES string of the molecule is CN(C(=O)OC(C)(C)C)[C@@H](CC(=O)OC(C)(C)C)C(=O)O. The molecule has 0 saturated heterocycles. The third-order valence-corrected chi connectivity index (χ3v) is 2.21. The smallest absolute Gasteiger partial charge is 0.410 e. The number of nitrogens with zero attached hydrogens (tertiary/aromatic N) is 1. The van der Waals surface area contributed by atoms with Crippen LogP contribution < -0.4 is 0 Å². The van der Waals surface area contributed by atoms with E-state index in [-0.39, 0.29) is 0 Å². The monoisotopic (exact) mass is 303 g/mol. The lowest BCUT2D eigenvalue weighted by Crippen LogP contribution is -2.46. The van der Waals surface area contributed by atoms with Crippen LogP contribution in [0.3, 0.4) is 0 Å². The molecule has 0 radical (unpaired) electrons. The number of carboxylic acids is 1. The van der Waals surface area contributed by atoms with Gasteiger partial charge in [0.1, 0.15) is 17.2 Å². The summed E-state index contributed by atoms with van der Waals surface area (Å²) in [6.45, 7) is 10.0. The maximum absolute atomic E-state index is 11.9. The molecule has 0 bridgehead atoms. The molecule has 0 unspecified atom stereocenters. The van der Waals surface area contributed by atoms with E-state index < -0.39 is 41.7 Å². The van der Waals surface area contributed by atoms with Gasteiger partial charge in [-0.3, -0.25) is 9.69 Å². The Labute approximate surface area is 125 Å². The first-order valence-electron chi connectivity index (χ1n) is 6.63. The van der Waals surface area contributed by atoms with E-state index in [0.29, 0.717) is 0 Å². The van der Waals surface area contributed by atoms with Gasteiger partial charge in [-0.1, -0.05) is 0 Å². The Hall–Kier alpha value is -1.79. The molecular weight excluding hydrogens is 278 g/mol. The van der Waals surface area contributed by atoms with E-state index in [1.165, 1.54) is 7.05 Å². The highest BCUT2D eigenvalue weighted by Gasteiger charge is 2.33. The lowest BCUT2D eigenvalue weighted by molar-refractivity contribution is -0.160. The fourth-order valence-corrected chi connectivity index (χ4v) is 1.39. The van der Waals surface area contributed by atoms with Crippen molar-refractivity contribution in [3.63, 3.8) is 0 Å². The fourth-order valence-electron chi connectivity index (χ4n) is 1.39. The number of likely N-dealkylation sites (N-methyl/N-ethyl adjacent to an activating group) is 1. The first kappa shape index (κ1) is 19.2. The van der Waals surface area contributed by atoms with Gasteiger partial charge in [0.15, 0.2) is 0 Å². The van der Waals surface area contributed by atoms with Crippen LogP contribution in [0.2, 0.25) is 0 Å². The third kappa shape index (κ3) is 8.16. The van der Waals surface area contributed by atoms with Crippen molar-refractivity contribution in [2.24, 2.45) is 0 Å². The van der Waals surface area contributed by atoms with Gasteiger partial charge < -0.3 is 14.6 Å². The van der Waals surface area contributed by atoms with Crippen LogP contribution in [0, 0.1) is 0 Å². The van der Waals surface area contributed by atoms with Crippen LogP contribution in [0.25, 0.3) is 0 Å². The predicted octanol–water partition coefficient (Wildman–Crippen LogP) is 2.04. The molecule has 21 heavy (non-hydrogen) atoms. The minimum Gasteiger partial charge on any atom is -0.480 e. The summed E-state index contributed by atoms with van der Waals surface area (Å²) in [6.07, 6.45) is -1.25. The zero-order chi connectivity index (χ0) is 17.0. The number of amides is 1. The Morgan fingerprint density at radius 3 is 1.76 bits per heavy atom. The molecule has 7 heteroatoms. The van der Waals surface area contributed by atoms with E-state index in [1.807, 2.05) is 0 Å². The van der Waals surface area contributed by atoms with Crippen LogP contribution in [0.1, 0.15) is 48.0 Å². The topological polar surface area (TPSA) is 93.1 Å². The van der Waals surface area contributed by atoms with Gasteiger partial charge in [-0.25, -0.2) is 9.59 Å². The van der Waals surface area contributed by atoms with E-state index in [2.05, 4.69) is 0 Å². The summed E-state index contributed by atoms with van der Waals surface area (Å²) in [4.78, 5) is 35.7. The summed E-state index contributed by atoms with van der Waals surface area (Å²) in [5.41, 5.74) is -1.47. The molecule has 1 atom stereocenters. The van der Waals surface area contributed by atoms with E-state index in [1.54, 1.807) is 41.5 Å². The highest BCUT2D eigenvalue weighted by Crippen LogP contribution is 2.15. The maximum Gasteiger partial charge on any atom is 0.410 e. The van der Waals surface area contributed by atoms with Crippen molar-refractivity contribution in [3.05, 3.63) is 0 Å². The van der Waals surface area contributed by atoms with E-state index in [0.717, 1.165) is 4.90 Å². The summed E-state index contributed by atoms with van der Waals surface area (Å²) < 4.78 is 10.2. The molecular formula is C14H25NO6. The second-order valence-corrected chi connectivity index (χ2v) is 6.74. The molecule has 122 valence electrons. The Morgan fingerprint density at radius 1 is 1.00 bits per heavy atom. The summed E-state index contributed by atoms with van der Waals surface area (Å²) in [5, 5.41) is 9.18. The molecule has 0 saturated carbocycles. The van der Waals surface area contributed by atoms with Crippen molar-refractivity contribution >= 4 is 18.0 Å². The summed E-state index contributed by atoms with van der Waals surface area (Å²) in [6, 6.07) is -1.34. The van der Waals surface area contributed by atoms with Crippen molar-refractivity contribution in [2.75, 3.05) is 7.05 Å². The number of carboxylic acid groups (broad SMARTS) is 1. The van der Waals surface area contributed by atoms with Crippen LogP contribution in [-0.2, 0) is 19.1 Å². The number of carbonyl (C=O) groups excluding carboxylic acids is 2. The van der Waals surface area contributed by atoms with Gasteiger partial charge in [-0.2, -0.15) is 0 Å². The number of aliphatic carboxylic acids is 1. The Bertz CT molecular complexity index is 405. The average Bonchev–Trinajstić information content (AvgIpc) is 2.19. The van der Waals surface area contributed by atoms with Crippen LogP contribution in [0.4, 0.5) is 4.79 Å². The number of hydrogen-bond donors (Lipinski definition) is 1. The first-order chi connectivity index (χ1) is 9.23. The number of carbonyl (C=O) groups is 3. The van der Waals surface area contributed by atoms with Crippen LogP contribution >= 0.6 is 0 Å². The van der Waals surface area contributed by atoms with Gasteiger partial charge in [0, 0.05) is 7.05 Å². The second-order valence-electron chi connectivity index (χ2n) is 6.74. The second kappa shape index (κ2) is 6.78. The Morgan fingerprint density at radius 2 is 1.43 bits per heavy atom. The quantitative estimate of drug-likeness (QED) is 0.799. The third-order valence-electron chi connectivity index (χ3n) is 2.21. The lowest BCUT2D eigenvalue weighted by Gasteiger charge is -2.28. The molecule has 0 aromatic rings. The largest absolute Gasteiger partial charge is 0.480 e. The van der Waals surface area contributed by atoms with Gasteiger partial charge in [0.25, 0.3) is 0 Å². The predicted molar refractivity (Wildman–Crippen MR) is 75.9 cm³/mol. The van der Waals surface area contributed by atoms with E-state index in [9.17, 15) is 19.5 Å². The van der Waals surface area contributed by atoms with Gasteiger partial charge in [-0.05, 0) is 41.5 Å². The molecule has 0 heterocycles. The Balaban J connectivity index is 4.87. The molecule has 0 aliphatic rings. The number of esters is 1. The molecule has 0 aliphatic carbocycles. The average molecular weight is 303 g/mol. The molecule has 0 rings (SSSR count). The Kier molecular flexibility index (Phi) is 6.20. The van der Waals surface area contributed by atoms with Crippen molar-refractivity contribution in [3.8, 4) is 0 Å². The zero-order valence-corrected chi connectivity index (χ0v) is 13.7. The van der Waals surface area contributed by atoms with Gasteiger partial charge in [0.2, 0.25) is 0 Å². The van der Waals surface area contributed by atoms with Crippen LogP contribution in [-0.4, -0.2) is 52.3 Å². The maximum atomic E-state index is 11.9. The highest BCUT2D eigenvalue weighted by molar-refractivity contribution is 5.85. The van der Waals surface area contributed by atoms with Crippen molar-refractivity contribution in [1.82, 2.24) is 4.90 Å². The van der Waals surface area contributed by atoms with Crippen molar-refractivity contribution in [2.45, 2.75) is 65.2 Å². The van der Waals surface area contributed by atoms with E-state index >= 15 is 0 Å². The lowest BCUT2D eigenvalue weighted by atomic mass is 10.1. The molecule has 0 fully saturated rings. The molecule has 0 spiro atoms. The van der Waals surface area contributed by atoms with Crippen molar-refractivity contribution < 1.29 is 29.0 Å². The first-order valence-corrected chi connectivity index (χ1v) is 6.63. The highest BCUT2D eigenvalue weighted by atomic mass is 16.6. The van der Waals surface area contributed by atoms with Gasteiger partial charge in [-0.15, -0.1) is 0 Å². The summed E-state index contributed by atoms with van der Waals surface area (Å²) in [5.74, 6) is -1.99. The normalized spacial score (nSPS) is 13.3. The van der Waals surface area contributed by atoms with Crippen LogP contribution in [0.15, 0.2) is 0 Å². The standard InChI is InChI=1S/C14H25NO6/c1-13(2,3)20-10(16)8-9(11(17)18)15(7)12(19)21-14(4,5)6/h9H,8H2,1-7H3,(H,17,18)/t9-/m0/s1. The molecule has 0 aliphatic heterocycles. The molecule has 0 aromatic heterocycles. The number of ether oxygens (including phenoxy) is 2. The fraction of sp³-hybridized carbons (Fsp3) is 0.786. The zero-order valence-electron chi connectivity index (χ0n) is 13.7. The molecule has 7 nitrogen and oxygen atoms in total. The van der Waals surface area contributed by atoms with Gasteiger partial charge in [0.05, 0.1) is 6.42 Å². The minimum atomic E-state index is -1.34. The number of hydrogen-bond acceptors (Lipinski definition) is 5. The summed E-state index contributed by atoms with van der Waals surface area (Å²) in [7, 11) is 1.28. The molecule has 0 aromatic carbocycles. The molecule has 1 amide bonds. The number of rotatable bonds is 4. The van der Waals surface area contributed by atoms with Gasteiger partial charge >= 0.3 is 18.0 Å². The minimum absolute atomic E-state index is 0.442.